The Kier molecular flexibility index (Phi) is 7.46. The van der Waals surface area contributed by atoms with Gasteiger partial charge in [-0.3, -0.25) is 28.8 Å². The zero-order valence-corrected chi connectivity index (χ0v) is 17.9. The number of anilines is 2. The van der Waals surface area contributed by atoms with Gasteiger partial charge in [0.15, 0.2) is 11.6 Å². The Labute approximate surface area is 193 Å². The maximum absolute atomic E-state index is 13.3. The topological polar surface area (TPSA) is 203 Å². The van der Waals surface area contributed by atoms with E-state index in [0.717, 1.165) is 0 Å². The number of fused-ring (bicyclic) bond motifs is 2. The van der Waals surface area contributed by atoms with Crippen molar-refractivity contribution in [2.24, 2.45) is 11.5 Å². The van der Waals surface area contributed by atoms with E-state index in [0.29, 0.717) is 0 Å². The Hall–Kier alpha value is -4.42. The molecular formula is C22H22N6O6. The lowest BCUT2D eigenvalue weighted by molar-refractivity contribution is -0.123. The van der Waals surface area contributed by atoms with Crippen molar-refractivity contribution in [1.29, 1.82) is 0 Å². The van der Waals surface area contributed by atoms with Crippen LogP contribution in [0.4, 0.5) is 11.4 Å². The number of benzene rings is 2. The minimum absolute atomic E-state index is 0.0317. The number of hydrogen-bond acceptors (Lipinski definition) is 8. The van der Waals surface area contributed by atoms with Crippen LogP contribution in [0.5, 0.6) is 0 Å². The number of amides is 4. The van der Waals surface area contributed by atoms with E-state index in [1.807, 2.05) is 0 Å². The van der Waals surface area contributed by atoms with Crippen LogP contribution < -0.4 is 32.7 Å². The van der Waals surface area contributed by atoms with Crippen LogP contribution in [0.25, 0.3) is 0 Å². The van der Waals surface area contributed by atoms with E-state index in [-0.39, 0.29) is 46.7 Å². The Morgan fingerprint density at radius 2 is 1.00 bits per heavy atom. The molecule has 12 nitrogen and oxygen atoms in total. The van der Waals surface area contributed by atoms with E-state index in [1.54, 1.807) is 12.1 Å². The van der Waals surface area contributed by atoms with Gasteiger partial charge < -0.3 is 32.7 Å². The predicted octanol–water partition coefficient (Wildman–Crippen LogP) is -1.51. The molecule has 0 heterocycles. The highest BCUT2D eigenvalue weighted by molar-refractivity contribution is 6.32. The quantitative estimate of drug-likeness (QED) is 0.230. The number of hydrogen-bond donors (Lipinski definition) is 6. The van der Waals surface area contributed by atoms with Crippen LogP contribution in [0, 0.1) is 0 Å². The fraction of sp³-hybridized carbons (Fsp3) is 0.182. The van der Waals surface area contributed by atoms with Gasteiger partial charge in [0.25, 0.3) is 0 Å². The fourth-order valence-corrected chi connectivity index (χ4v) is 3.32. The zero-order valence-electron chi connectivity index (χ0n) is 17.9. The van der Waals surface area contributed by atoms with Gasteiger partial charge in [-0.15, -0.1) is 0 Å². The van der Waals surface area contributed by atoms with Gasteiger partial charge >= 0.3 is 0 Å². The monoisotopic (exact) mass is 466 g/mol. The number of rotatable bonds is 8. The molecule has 3 rings (SSSR count). The maximum Gasteiger partial charge on any atom is 0.243 e. The third-order valence-corrected chi connectivity index (χ3v) is 4.89. The first-order valence-corrected chi connectivity index (χ1v) is 10.2. The molecule has 2 aromatic carbocycles. The molecule has 0 bridgehead atoms. The van der Waals surface area contributed by atoms with Crippen molar-refractivity contribution in [2.45, 2.75) is 0 Å². The molecule has 4 amide bonds. The van der Waals surface area contributed by atoms with Gasteiger partial charge in [-0.2, -0.15) is 0 Å². The van der Waals surface area contributed by atoms with Crippen molar-refractivity contribution < 1.29 is 28.8 Å². The Morgan fingerprint density at radius 1 is 0.618 bits per heavy atom. The van der Waals surface area contributed by atoms with Crippen molar-refractivity contribution in [2.75, 3.05) is 36.8 Å². The average Bonchev–Trinajstić information content (AvgIpc) is 2.84. The number of carbonyl (C=O) groups is 6. The molecule has 0 saturated carbocycles. The first-order valence-electron chi connectivity index (χ1n) is 10.2. The maximum atomic E-state index is 13.3. The number of nitrogens with two attached hydrogens (primary N) is 2. The van der Waals surface area contributed by atoms with Crippen molar-refractivity contribution in [1.82, 2.24) is 10.6 Å². The van der Waals surface area contributed by atoms with E-state index in [4.69, 9.17) is 11.5 Å². The fourth-order valence-electron chi connectivity index (χ4n) is 3.32. The first-order chi connectivity index (χ1) is 16.3. The van der Waals surface area contributed by atoms with Gasteiger partial charge in [-0.1, -0.05) is 24.3 Å². The van der Waals surface area contributed by atoms with E-state index in [2.05, 4.69) is 21.3 Å². The van der Waals surface area contributed by atoms with Crippen molar-refractivity contribution in [3.05, 3.63) is 58.7 Å². The van der Waals surface area contributed by atoms with Gasteiger partial charge in [0.1, 0.15) is 0 Å². The summed E-state index contributed by atoms with van der Waals surface area (Å²) in [7, 11) is 0. The molecular weight excluding hydrogens is 444 g/mol. The van der Waals surface area contributed by atoms with E-state index in [9.17, 15) is 28.8 Å². The summed E-state index contributed by atoms with van der Waals surface area (Å²) in [5.74, 6) is -3.44. The second-order valence-corrected chi connectivity index (χ2v) is 7.17. The Balaban J connectivity index is 1.97. The lowest BCUT2D eigenvalue weighted by Crippen LogP contribution is -2.37. The SMILES string of the molecule is NCC(=O)NCC(=O)Nc1ccc(NC(=O)CNC(=O)CN)c2c1C(=O)c1ccccc1C2=O. The van der Waals surface area contributed by atoms with Crippen LogP contribution in [0.2, 0.25) is 0 Å². The van der Waals surface area contributed by atoms with Crippen LogP contribution in [-0.4, -0.2) is 61.4 Å². The molecule has 8 N–H and O–H groups in total. The van der Waals surface area contributed by atoms with Crippen LogP contribution in [0.3, 0.4) is 0 Å². The van der Waals surface area contributed by atoms with E-state index < -0.39 is 48.3 Å². The van der Waals surface area contributed by atoms with E-state index >= 15 is 0 Å². The first kappa shape index (κ1) is 24.2. The van der Waals surface area contributed by atoms with Gasteiger partial charge in [0.2, 0.25) is 23.6 Å². The molecule has 0 saturated heterocycles. The summed E-state index contributed by atoms with van der Waals surface area (Å²) >= 11 is 0. The summed E-state index contributed by atoms with van der Waals surface area (Å²) in [6.07, 6.45) is 0. The molecule has 12 heteroatoms. The third-order valence-electron chi connectivity index (χ3n) is 4.89. The van der Waals surface area contributed by atoms with Crippen LogP contribution in [0.15, 0.2) is 36.4 Å². The van der Waals surface area contributed by atoms with Gasteiger partial charge in [-0.05, 0) is 12.1 Å². The average molecular weight is 466 g/mol. The highest BCUT2D eigenvalue weighted by atomic mass is 16.2. The van der Waals surface area contributed by atoms with Crippen LogP contribution in [0.1, 0.15) is 31.8 Å². The normalized spacial score (nSPS) is 11.7. The smallest absolute Gasteiger partial charge is 0.243 e. The van der Waals surface area contributed by atoms with Crippen molar-refractivity contribution >= 4 is 46.6 Å². The molecule has 0 atom stereocenters. The van der Waals surface area contributed by atoms with Gasteiger partial charge in [-0.25, -0.2) is 0 Å². The number of carbonyl (C=O) groups excluding carboxylic acids is 6. The lowest BCUT2D eigenvalue weighted by atomic mass is 9.82. The summed E-state index contributed by atoms with van der Waals surface area (Å²) in [6.45, 7) is -1.40. The summed E-state index contributed by atoms with van der Waals surface area (Å²) in [6, 6.07) is 8.88. The molecule has 0 unspecified atom stereocenters. The highest BCUT2D eigenvalue weighted by Gasteiger charge is 2.34. The van der Waals surface area contributed by atoms with Gasteiger partial charge in [0.05, 0.1) is 48.7 Å². The molecule has 1 aliphatic carbocycles. The van der Waals surface area contributed by atoms with Gasteiger partial charge in [0, 0.05) is 11.1 Å². The van der Waals surface area contributed by atoms with Crippen LogP contribution in [-0.2, 0) is 19.2 Å². The molecule has 2 aromatic rings. The predicted molar refractivity (Wildman–Crippen MR) is 121 cm³/mol. The van der Waals surface area contributed by atoms with E-state index in [1.165, 1.54) is 24.3 Å². The summed E-state index contributed by atoms with van der Waals surface area (Å²) < 4.78 is 0. The molecule has 34 heavy (non-hydrogen) atoms. The molecule has 0 radical (unpaired) electrons. The van der Waals surface area contributed by atoms with Crippen molar-refractivity contribution in [3.63, 3.8) is 0 Å². The molecule has 0 aromatic heterocycles. The molecule has 176 valence electrons. The Morgan fingerprint density at radius 3 is 1.35 bits per heavy atom. The zero-order chi connectivity index (χ0) is 24.8. The molecule has 0 aliphatic heterocycles. The number of ketones is 2. The minimum Gasteiger partial charge on any atom is -0.346 e. The highest BCUT2D eigenvalue weighted by Crippen LogP contribution is 2.36. The minimum atomic E-state index is -0.649. The molecule has 0 fully saturated rings. The second-order valence-electron chi connectivity index (χ2n) is 7.17. The molecule has 1 aliphatic rings. The van der Waals surface area contributed by atoms with Crippen LogP contribution >= 0.6 is 0 Å². The third kappa shape index (κ3) is 5.14. The summed E-state index contributed by atoms with van der Waals surface area (Å²) in [5, 5.41) is 9.63. The Bertz CT molecular complexity index is 1120. The lowest BCUT2D eigenvalue weighted by Gasteiger charge is -2.23. The largest absolute Gasteiger partial charge is 0.346 e. The van der Waals surface area contributed by atoms with Crippen molar-refractivity contribution in [3.8, 4) is 0 Å². The standard InChI is InChI=1S/C22H22N6O6/c23-7-15(29)25-9-17(31)27-13-5-6-14(28-18(32)10-26-16(30)8-24)20-19(13)21(33)11-3-1-2-4-12(11)22(20)34/h1-6H,7-10,23-24H2,(H,25,29)(H,26,30)(H,27,31)(H,28,32). The second kappa shape index (κ2) is 10.5. The summed E-state index contributed by atoms with van der Waals surface area (Å²) in [4.78, 5) is 73.8. The summed E-state index contributed by atoms with van der Waals surface area (Å²) in [5.41, 5.74) is 10.5. The number of nitrogens with one attached hydrogen (secondary N) is 4. The molecule has 0 spiro atoms.